The normalized spacial score (nSPS) is 16.8. The van der Waals surface area contributed by atoms with Crippen molar-refractivity contribution in [2.24, 2.45) is 5.16 Å². The minimum absolute atomic E-state index is 0.344. The standard InChI is InChI=1S/C12H14FNO3/c1-16-10-6-8(13)11-7(12(10)17-2)4-3-5-9(11)14-15/h6,15H,3-5H2,1-2H3/b14-9+. The summed E-state index contributed by atoms with van der Waals surface area (Å²) < 4.78 is 24.3. The predicted molar refractivity (Wildman–Crippen MR) is 60.8 cm³/mol. The van der Waals surface area contributed by atoms with Gasteiger partial charge in [0.2, 0.25) is 0 Å². The van der Waals surface area contributed by atoms with E-state index in [4.69, 9.17) is 14.7 Å². The van der Waals surface area contributed by atoms with Crippen molar-refractivity contribution in [3.63, 3.8) is 0 Å². The smallest absolute Gasteiger partial charge is 0.164 e. The van der Waals surface area contributed by atoms with Gasteiger partial charge in [-0.25, -0.2) is 4.39 Å². The van der Waals surface area contributed by atoms with Crippen LogP contribution in [-0.4, -0.2) is 25.1 Å². The fourth-order valence-electron chi connectivity index (χ4n) is 2.24. The van der Waals surface area contributed by atoms with E-state index in [0.717, 1.165) is 6.42 Å². The van der Waals surface area contributed by atoms with Crippen LogP contribution in [0.2, 0.25) is 0 Å². The van der Waals surface area contributed by atoms with Gasteiger partial charge in [0.25, 0.3) is 0 Å². The Morgan fingerprint density at radius 3 is 2.65 bits per heavy atom. The first-order chi connectivity index (χ1) is 8.22. The molecule has 92 valence electrons. The maximum atomic E-state index is 13.9. The van der Waals surface area contributed by atoms with E-state index in [-0.39, 0.29) is 0 Å². The van der Waals surface area contributed by atoms with Gasteiger partial charge in [0, 0.05) is 17.2 Å². The van der Waals surface area contributed by atoms with E-state index in [9.17, 15) is 4.39 Å². The minimum atomic E-state index is -0.440. The first kappa shape index (κ1) is 11.7. The van der Waals surface area contributed by atoms with Crippen LogP contribution >= 0.6 is 0 Å². The Labute approximate surface area is 98.7 Å². The van der Waals surface area contributed by atoms with Crippen molar-refractivity contribution in [1.82, 2.24) is 0 Å². The van der Waals surface area contributed by atoms with Gasteiger partial charge in [-0.3, -0.25) is 0 Å². The topological polar surface area (TPSA) is 51.0 Å². The van der Waals surface area contributed by atoms with E-state index in [2.05, 4.69) is 5.16 Å². The van der Waals surface area contributed by atoms with Crippen LogP contribution in [0.4, 0.5) is 4.39 Å². The van der Waals surface area contributed by atoms with Crippen LogP contribution in [0, 0.1) is 5.82 Å². The maximum Gasteiger partial charge on any atom is 0.164 e. The lowest BCUT2D eigenvalue weighted by molar-refractivity contribution is 0.316. The van der Waals surface area contributed by atoms with Crippen LogP contribution in [0.1, 0.15) is 24.0 Å². The molecule has 1 aliphatic rings. The van der Waals surface area contributed by atoms with Gasteiger partial charge in [0.05, 0.1) is 19.9 Å². The number of nitrogens with zero attached hydrogens (tertiary/aromatic N) is 1. The number of rotatable bonds is 2. The van der Waals surface area contributed by atoms with Gasteiger partial charge >= 0.3 is 0 Å². The van der Waals surface area contributed by atoms with Crippen LogP contribution in [0.3, 0.4) is 0 Å². The minimum Gasteiger partial charge on any atom is -0.493 e. The van der Waals surface area contributed by atoms with Gasteiger partial charge in [-0.15, -0.1) is 0 Å². The summed E-state index contributed by atoms with van der Waals surface area (Å²) >= 11 is 0. The number of benzene rings is 1. The fraction of sp³-hybridized carbons (Fsp3) is 0.417. The quantitative estimate of drug-likeness (QED) is 0.636. The molecule has 0 atom stereocenters. The number of fused-ring (bicyclic) bond motifs is 1. The Kier molecular flexibility index (Phi) is 3.17. The zero-order chi connectivity index (χ0) is 12.4. The summed E-state index contributed by atoms with van der Waals surface area (Å²) in [5.74, 6) is 0.442. The molecule has 0 saturated heterocycles. The van der Waals surface area contributed by atoms with Gasteiger partial charge in [-0.2, -0.15) is 0 Å². The highest BCUT2D eigenvalue weighted by Gasteiger charge is 2.26. The molecule has 0 unspecified atom stereocenters. The van der Waals surface area contributed by atoms with Gasteiger partial charge in [0.1, 0.15) is 5.82 Å². The van der Waals surface area contributed by atoms with E-state index in [1.165, 1.54) is 20.3 Å². The molecule has 1 aromatic rings. The third-order valence-electron chi connectivity index (χ3n) is 2.97. The summed E-state index contributed by atoms with van der Waals surface area (Å²) in [5, 5.41) is 12.1. The summed E-state index contributed by atoms with van der Waals surface area (Å²) in [7, 11) is 2.98. The lowest BCUT2D eigenvalue weighted by Crippen LogP contribution is -2.16. The average Bonchev–Trinajstić information content (AvgIpc) is 2.37. The summed E-state index contributed by atoms with van der Waals surface area (Å²) in [5.41, 5.74) is 1.42. The van der Waals surface area contributed by atoms with Crippen LogP contribution in [0.25, 0.3) is 0 Å². The first-order valence-corrected chi connectivity index (χ1v) is 5.37. The molecule has 0 heterocycles. The molecule has 0 aromatic heterocycles. The van der Waals surface area contributed by atoms with E-state index >= 15 is 0 Å². The number of oxime groups is 1. The van der Waals surface area contributed by atoms with Gasteiger partial charge in [-0.1, -0.05) is 5.16 Å². The maximum absolute atomic E-state index is 13.9. The molecule has 0 saturated carbocycles. The molecule has 0 radical (unpaired) electrons. The molecule has 5 heteroatoms. The second kappa shape index (κ2) is 4.61. The third-order valence-corrected chi connectivity index (χ3v) is 2.97. The molecule has 1 N–H and O–H groups in total. The van der Waals surface area contributed by atoms with Crippen molar-refractivity contribution >= 4 is 5.71 Å². The monoisotopic (exact) mass is 239 g/mol. The van der Waals surface area contributed by atoms with E-state index < -0.39 is 5.82 Å². The summed E-state index contributed by atoms with van der Waals surface area (Å²) in [4.78, 5) is 0. The number of hydrogen-bond acceptors (Lipinski definition) is 4. The van der Waals surface area contributed by atoms with E-state index in [0.29, 0.717) is 41.2 Å². The lowest BCUT2D eigenvalue weighted by atomic mass is 9.88. The second-order valence-corrected chi connectivity index (χ2v) is 3.85. The van der Waals surface area contributed by atoms with Gasteiger partial charge in [-0.05, 0) is 19.3 Å². The highest BCUT2D eigenvalue weighted by molar-refractivity contribution is 6.03. The molecule has 0 bridgehead atoms. The zero-order valence-electron chi connectivity index (χ0n) is 9.79. The van der Waals surface area contributed by atoms with Crippen molar-refractivity contribution in [3.05, 3.63) is 23.0 Å². The summed E-state index contributed by atoms with van der Waals surface area (Å²) in [6.45, 7) is 0. The average molecular weight is 239 g/mol. The van der Waals surface area contributed by atoms with Crippen LogP contribution in [0.15, 0.2) is 11.2 Å². The molecule has 4 nitrogen and oxygen atoms in total. The van der Waals surface area contributed by atoms with E-state index in [1.807, 2.05) is 0 Å². The number of methoxy groups -OCH3 is 2. The summed E-state index contributed by atoms with van der Waals surface area (Å²) in [6, 6.07) is 1.26. The Morgan fingerprint density at radius 1 is 1.29 bits per heavy atom. The van der Waals surface area contributed by atoms with Gasteiger partial charge in [0.15, 0.2) is 11.5 Å². The molecule has 17 heavy (non-hydrogen) atoms. The zero-order valence-corrected chi connectivity index (χ0v) is 9.79. The Balaban J connectivity index is 2.70. The molecule has 1 aliphatic carbocycles. The Morgan fingerprint density at radius 2 is 2.06 bits per heavy atom. The van der Waals surface area contributed by atoms with Crippen molar-refractivity contribution in [1.29, 1.82) is 0 Å². The molecular formula is C12H14FNO3. The SMILES string of the molecule is COc1cc(F)c2c(c1OC)CCC/C2=N\O. The van der Waals surface area contributed by atoms with Crippen molar-refractivity contribution in [3.8, 4) is 11.5 Å². The molecule has 2 rings (SSSR count). The predicted octanol–water partition coefficient (Wildman–Crippen LogP) is 2.36. The Bertz CT molecular complexity index is 471. The van der Waals surface area contributed by atoms with Gasteiger partial charge < -0.3 is 14.7 Å². The van der Waals surface area contributed by atoms with Crippen LogP contribution in [0.5, 0.6) is 11.5 Å². The molecule has 0 aliphatic heterocycles. The van der Waals surface area contributed by atoms with Crippen LogP contribution in [-0.2, 0) is 6.42 Å². The van der Waals surface area contributed by atoms with Crippen molar-refractivity contribution in [2.75, 3.05) is 14.2 Å². The second-order valence-electron chi connectivity index (χ2n) is 3.85. The largest absolute Gasteiger partial charge is 0.493 e. The lowest BCUT2D eigenvalue weighted by Gasteiger charge is -2.21. The van der Waals surface area contributed by atoms with Crippen molar-refractivity contribution in [2.45, 2.75) is 19.3 Å². The van der Waals surface area contributed by atoms with E-state index in [1.54, 1.807) is 0 Å². The van der Waals surface area contributed by atoms with Crippen molar-refractivity contribution < 1.29 is 19.1 Å². The van der Waals surface area contributed by atoms with Crippen LogP contribution < -0.4 is 9.47 Å². The number of halogens is 1. The molecule has 1 aromatic carbocycles. The fourth-order valence-corrected chi connectivity index (χ4v) is 2.24. The number of ether oxygens (including phenoxy) is 2. The molecule has 0 spiro atoms. The Hall–Kier alpha value is -1.78. The third kappa shape index (κ3) is 1.81. The molecule has 0 amide bonds. The molecular weight excluding hydrogens is 225 g/mol. The highest BCUT2D eigenvalue weighted by Crippen LogP contribution is 2.39. The highest BCUT2D eigenvalue weighted by atomic mass is 19.1. The molecule has 0 fully saturated rings. The first-order valence-electron chi connectivity index (χ1n) is 5.37. The number of hydrogen-bond donors (Lipinski definition) is 1. The summed E-state index contributed by atoms with van der Waals surface area (Å²) in [6.07, 6.45) is 2.05.